The van der Waals surface area contributed by atoms with Crippen LogP contribution in [0.25, 0.3) is 0 Å². The maximum absolute atomic E-state index is 11.7. The van der Waals surface area contributed by atoms with Gasteiger partial charge in [-0.05, 0) is 49.3 Å². The van der Waals surface area contributed by atoms with Crippen molar-refractivity contribution in [3.05, 3.63) is 29.8 Å². The number of ether oxygens (including phenoxy) is 1. The summed E-state index contributed by atoms with van der Waals surface area (Å²) in [7, 11) is 0. The van der Waals surface area contributed by atoms with Gasteiger partial charge >= 0.3 is 5.97 Å². The molecule has 1 aromatic rings. The van der Waals surface area contributed by atoms with Gasteiger partial charge in [-0.3, -0.25) is 9.69 Å². The van der Waals surface area contributed by atoms with Gasteiger partial charge in [0, 0.05) is 12.6 Å². The molecule has 4 nitrogen and oxygen atoms in total. The third-order valence-electron chi connectivity index (χ3n) is 5.24. The predicted molar refractivity (Wildman–Crippen MR) is 89.6 cm³/mol. The van der Waals surface area contributed by atoms with Crippen LogP contribution >= 0.6 is 0 Å². The summed E-state index contributed by atoms with van der Waals surface area (Å²) < 4.78 is 5.71. The van der Waals surface area contributed by atoms with Gasteiger partial charge in [0.2, 0.25) is 0 Å². The Bertz CT molecular complexity index is 545. The summed E-state index contributed by atoms with van der Waals surface area (Å²) in [4.78, 5) is 13.9. The Morgan fingerprint density at radius 1 is 1.35 bits per heavy atom. The quantitative estimate of drug-likeness (QED) is 0.869. The van der Waals surface area contributed by atoms with E-state index >= 15 is 0 Å². The molecule has 3 atom stereocenters. The van der Waals surface area contributed by atoms with Crippen LogP contribution in [0.3, 0.4) is 0 Å². The van der Waals surface area contributed by atoms with Crippen molar-refractivity contribution in [3.63, 3.8) is 0 Å². The first-order valence-electron chi connectivity index (χ1n) is 8.89. The van der Waals surface area contributed by atoms with Gasteiger partial charge < -0.3 is 9.84 Å². The van der Waals surface area contributed by atoms with Gasteiger partial charge in [-0.25, -0.2) is 0 Å². The van der Waals surface area contributed by atoms with Crippen molar-refractivity contribution in [3.8, 4) is 5.75 Å². The lowest BCUT2D eigenvalue weighted by Gasteiger charge is -2.33. The van der Waals surface area contributed by atoms with Crippen molar-refractivity contribution in [1.29, 1.82) is 0 Å². The summed E-state index contributed by atoms with van der Waals surface area (Å²) in [6, 6.07) is 8.22. The van der Waals surface area contributed by atoms with Gasteiger partial charge in [-0.15, -0.1) is 0 Å². The third-order valence-corrected chi connectivity index (χ3v) is 5.24. The Morgan fingerprint density at radius 3 is 2.96 bits per heavy atom. The monoisotopic (exact) mass is 317 g/mol. The first-order valence-corrected chi connectivity index (χ1v) is 8.89. The SMILES string of the molecule is CCCOc1cccc(CN2C(C(=O)O)CC3CCCCC32)c1. The highest BCUT2D eigenvalue weighted by Gasteiger charge is 2.44. The molecule has 0 spiro atoms. The number of nitrogens with zero attached hydrogens (tertiary/aromatic N) is 1. The lowest BCUT2D eigenvalue weighted by molar-refractivity contribution is -0.142. The molecule has 3 rings (SSSR count). The van der Waals surface area contributed by atoms with Gasteiger partial charge in [0.25, 0.3) is 0 Å². The zero-order valence-electron chi connectivity index (χ0n) is 13.9. The number of likely N-dealkylation sites (tertiary alicyclic amines) is 1. The van der Waals surface area contributed by atoms with Crippen LogP contribution in [0.2, 0.25) is 0 Å². The number of carboxylic acids is 1. The van der Waals surface area contributed by atoms with Gasteiger partial charge in [-0.1, -0.05) is 31.9 Å². The van der Waals surface area contributed by atoms with Crippen LogP contribution in [0.5, 0.6) is 5.75 Å². The molecule has 1 N–H and O–H groups in total. The van der Waals surface area contributed by atoms with Crippen molar-refractivity contribution in [2.45, 2.75) is 64.1 Å². The molecule has 1 heterocycles. The zero-order valence-corrected chi connectivity index (χ0v) is 13.9. The molecule has 0 aromatic heterocycles. The standard InChI is InChI=1S/C19H27NO3/c1-2-10-23-16-8-5-6-14(11-16)13-20-17-9-4-3-7-15(17)12-18(20)19(21)22/h5-6,8,11,15,17-18H,2-4,7,9-10,12-13H2,1H3,(H,21,22). The van der Waals surface area contributed by atoms with E-state index in [0.717, 1.165) is 37.2 Å². The van der Waals surface area contributed by atoms with Crippen molar-refractivity contribution in [2.24, 2.45) is 5.92 Å². The molecule has 0 amide bonds. The highest BCUT2D eigenvalue weighted by molar-refractivity contribution is 5.74. The first-order chi connectivity index (χ1) is 11.2. The molecular weight excluding hydrogens is 290 g/mol. The molecule has 3 unspecified atom stereocenters. The fourth-order valence-electron chi connectivity index (χ4n) is 4.19. The smallest absolute Gasteiger partial charge is 0.320 e. The van der Waals surface area contributed by atoms with E-state index in [0.29, 0.717) is 18.5 Å². The van der Waals surface area contributed by atoms with E-state index in [4.69, 9.17) is 4.74 Å². The molecule has 4 heteroatoms. The minimum atomic E-state index is -0.669. The molecule has 2 aliphatic rings. The first kappa shape index (κ1) is 16.3. The molecule has 0 bridgehead atoms. The summed E-state index contributed by atoms with van der Waals surface area (Å²) in [6.45, 7) is 3.52. The maximum Gasteiger partial charge on any atom is 0.320 e. The van der Waals surface area contributed by atoms with Crippen molar-refractivity contribution in [1.82, 2.24) is 4.90 Å². The Hall–Kier alpha value is -1.55. The number of benzene rings is 1. The topological polar surface area (TPSA) is 49.8 Å². The molecule has 23 heavy (non-hydrogen) atoms. The molecule has 1 aliphatic carbocycles. The van der Waals surface area contributed by atoms with Crippen molar-refractivity contribution < 1.29 is 14.6 Å². The molecule has 1 saturated carbocycles. The summed E-state index contributed by atoms with van der Waals surface area (Å²) in [5, 5.41) is 9.61. The Balaban J connectivity index is 1.75. The van der Waals surface area contributed by atoms with Gasteiger partial charge in [0.05, 0.1) is 6.61 Å². The van der Waals surface area contributed by atoms with Gasteiger partial charge in [0.15, 0.2) is 0 Å². The average molecular weight is 317 g/mol. The molecule has 0 radical (unpaired) electrons. The summed E-state index contributed by atoms with van der Waals surface area (Å²) in [6.07, 6.45) is 6.60. The van der Waals surface area contributed by atoms with Gasteiger partial charge in [-0.2, -0.15) is 0 Å². The van der Waals surface area contributed by atoms with E-state index < -0.39 is 5.97 Å². The lowest BCUT2D eigenvalue weighted by Crippen LogP contribution is -2.41. The second-order valence-electron chi connectivity index (χ2n) is 6.87. The van der Waals surface area contributed by atoms with Crippen LogP contribution in [0.4, 0.5) is 0 Å². The number of hydrogen-bond acceptors (Lipinski definition) is 3. The normalized spacial score (nSPS) is 27.6. The maximum atomic E-state index is 11.7. The second kappa shape index (κ2) is 7.35. The van der Waals surface area contributed by atoms with E-state index in [9.17, 15) is 9.90 Å². The fraction of sp³-hybridized carbons (Fsp3) is 0.632. The zero-order chi connectivity index (χ0) is 16.2. The average Bonchev–Trinajstić information content (AvgIpc) is 2.92. The van der Waals surface area contributed by atoms with Crippen LogP contribution < -0.4 is 4.74 Å². The molecule has 1 aliphatic heterocycles. The molecular formula is C19H27NO3. The largest absolute Gasteiger partial charge is 0.494 e. The number of carbonyl (C=O) groups is 1. The predicted octanol–water partition coefficient (Wildman–Crippen LogP) is 3.69. The molecule has 1 saturated heterocycles. The molecule has 2 fully saturated rings. The number of aliphatic carboxylic acids is 1. The Morgan fingerprint density at radius 2 is 2.17 bits per heavy atom. The van der Waals surface area contributed by atoms with Crippen molar-refractivity contribution in [2.75, 3.05) is 6.61 Å². The van der Waals surface area contributed by atoms with Crippen molar-refractivity contribution >= 4 is 5.97 Å². The lowest BCUT2D eigenvalue weighted by atomic mass is 9.84. The molecule has 1 aromatic carbocycles. The Kier molecular flexibility index (Phi) is 5.21. The number of hydrogen-bond donors (Lipinski definition) is 1. The van der Waals surface area contributed by atoms with Crippen LogP contribution in [0, 0.1) is 5.92 Å². The summed E-state index contributed by atoms with van der Waals surface area (Å²) in [5.74, 6) is 0.776. The minimum Gasteiger partial charge on any atom is -0.494 e. The van der Waals surface area contributed by atoms with E-state index in [1.165, 1.54) is 19.3 Å². The number of fused-ring (bicyclic) bond motifs is 1. The minimum absolute atomic E-state index is 0.330. The van der Waals surface area contributed by atoms with Gasteiger partial charge in [0.1, 0.15) is 11.8 Å². The highest BCUT2D eigenvalue weighted by Crippen LogP contribution is 2.40. The summed E-state index contributed by atoms with van der Waals surface area (Å²) >= 11 is 0. The van der Waals surface area contributed by atoms with Crippen LogP contribution in [-0.2, 0) is 11.3 Å². The van der Waals surface area contributed by atoms with Crippen LogP contribution in [0.15, 0.2) is 24.3 Å². The third kappa shape index (κ3) is 3.69. The number of rotatable bonds is 6. The summed E-state index contributed by atoms with van der Waals surface area (Å²) in [5.41, 5.74) is 1.15. The molecule has 126 valence electrons. The fourth-order valence-corrected chi connectivity index (χ4v) is 4.19. The van der Waals surface area contributed by atoms with E-state index in [-0.39, 0.29) is 6.04 Å². The van der Waals surface area contributed by atoms with E-state index in [2.05, 4.69) is 24.0 Å². The number of carboxylic acid groups (broad SMARTS) is 1. The second-order valence-corrected chi connectivity index (χ2v) is 6.87. The van der Waals surface area contributed by atoms with Crippen LogP contribution in [0.1, 0.15) is 51.0 Å². The Labute approximate surface area is 138 Å². The van der Waals surface area contributed by atoms with Crippen LogP contribution in [-0.4, -0.2) is 34.7 Å². The highest BCUT2D eigenvalue weighted by atomic mass is 16.5. The van der Waals surface area contributed by atoms with E-state index in [1.54, 1.807) is 0 Å². The van der Waals surface area contributed by atoms with E-state index in [1.807, 2.05) is 12.1 Å².